The minimum absolute atomic E-state index is 0. The Balaban J connectivity index is 0. The summed E-state index contributed by atoms with van der Waals surface area (Å²) in [7, 11) is 0. The number of hydrogen-bond donors (Lipinski definition) is 1. The minimum Gasteiger partial charge on any atom is -0.565 e. The molecule has 0 rings (SSSR count). The van der Waals surface area contributed by atoms with Gasteiger partial charge in [0.15, 0.2) is 0 Å². The van der Waals surface area contributed by atoms with Gasteiger partial charge in [-0.3, -0.25) is 0 Å². The van der Waals surface area contributed by atoms with Crippen molar-refractivity contribution in [2.75, 3.05) is 0 Å². The molecule has 0 atom stereocenters. The van der Waals surface area contributed by atoms with Crippen LogP contribution in [0.2, 0.25) is 0 Å². The average Bonchev–Trinajstić information content (AvgIpc) is 0.811. The third-order valence-electron chi connectivity index (χ3n) is 0. The van der Waals surface area contributed by atoms with Crippen LogP contribution in [0.4, 0.5) is 4.79 Å². The van der Waals surface area contributed by atoms with Crippen molar-refractivity contribution >= 4 is 6.16 Å². The molecule has 3 nitrogen and oxygen atoms in total. The SMILES string of the molecule is O=C([O-])O.[Mn]. The predicted molar refractivity (Wildman–Crippen MR) is 8.02 cm³/mol. The van der Waals surface area contributed by atoms with Gasteiger partial charge in [0, 0.05) is 17.1 Å². The van der Waals surface area contributed by atoms with Gasteiger partial charge in [0.2, 0.25) is 6.16 Å². The van der Waals surface area contributed by atoms with Gasteiger partial charge in [-0.2, -0.15) is 0 Å². The molecule has 0 unspecified atom stereocenters. The van der Waals surface area contributed by atoms with Crippen LogP contribution >= 0.6 is 0 Å². The molecule has 0 fully saturated rings. The second-order valence-corrected chi connectivity index (χ2v) is 0.266. The summed E-state index contributed by atoms with van der Waals surface area (Å²) in [6, 6.07) is 0. The first-order valence-corrected chi connectivity index (χ1v) is 0.632. The fourth-order valence-electron chi connectivity index (χ4n) is 0. The third-order valence-corrected chi connectivity index (χ3v) is 0. The summed E-state index contributed by atoms with van der Waals surface area (Å²) in [5.74, 6) is 0. The second-order valence-electron chi connectivity index (χ2n) is 0.266. The Labute approximate surface area is 39.1 Å². The van der Waals surface area contributed by atoms with Crippen molar-refractivity contribution in [2.24, 2.45) is 0 Å². The topological polar surface area (TPSA) is 60.4 Å². The standard InChI is InChI=1S/CH2O3.Mn/c2-1(3)4;/h(H2,2,3,4);/p-1. The van der Waals surface area contributed by atoms with Crippen molar-refractivity contribution in [3.63, 3.8) is 0 Å². The first kappa shape index (κ1) is 8.84. The first-order chi connectivity index (χ1) is 1.73. The second kappa shape index (κ2) is 3.79. The predicted octanol–water partition coefficient (Wildman–Crippen LogP) is -1.11. The third kappa shape index (κ3) is 274. The van der Waals surface area contributed by atoms with Gasteiger partial charge in [0.05, 0.1) is 0 Å². The van der Waals surface area contributed by atoms with E-state index < -0.39 is 6.16 Å². The maximum Gasteiger partial charge on any atom is 0.249 e. The number of hydrogen-bond acceptors (Lipinski definition) is 2. The van der Waals surface area contributed by atoms with Gasteiger partial charge < -0.3 is 15.0 Å². The summed E-state index contributed by atoms with van der Waals surface area (Å²) in [5, 5.41) is 15.3. The summed E-state index contributed by atoms with van der Waals surface area (Å²) >= 11 is 0. The molecular weight excluding hydrogens is 115 g/mol. The van der Waals surface area contributed by atoms with Crippen LogP contribution in [0.5, 0.6) is 0 Å². The minimum atomic E-state index is -2.08. The molecule has 0 heterocycles. The average molecular weight is 116 g/mol. The van der Waals surface area contributed by atoms with E-state index in [0.29, 0.717) is 0 Å². The maximum atomic E-state index is 8.44. The number of rotatable bonds is 0. The molecule has 0 aromatic carbocycles. The molecule has 0 bridgehead atoms. The molecule has 0 aliphatic carbocycles. The van der Waals surface area contributed by atoms with Crippen molar-refractivity contribution in [1.82, 2.24) is 0 Å². The summed E-state index contributed by atoms with van der Waals surface area (Å²) < 4.78 is 0. The quantitative estimate of drug-likeness (QED) is 0.408. The molecule has 0 aromatic heterocycles. The molecule has 4 heteroatoms. The van der Waals surface area contributed by atoms with Crippen LogP contribution in [0.25, 0.3) is 0 Å². The van der Waals surface area contributed by atoms with Crippen molar-refractivity contribution in [3.8, 4) is 0 Å². The van der Waals surface area contributed by atoms with Gasteiger partial charge in [0.1, 0.15) is 0 Å². The van der Waals surface area contributed by atoms with E-state index >= 15 is 0 Å². The van der Waals surface area contributed by atoms with E-state index in [-0.39, 0.29) is 17.1 Å². The zero-order valence-electron chi connectivity index (χ0n) is 2.14. The van der Waals surface area contributed by atoms with E-state index in [1.807, 2.05) is 0 Å². The molecule has 5 heavy (non-hydrogen) atoms. The van der Waals surface area contributed by atoms with Gasteiger partial charge in [0.25, 0.3) is 0 Å². The van der Waals surface area contributed by atoms with Gasteiger partial charge in [-0.05, 0) is 0 Å². The van der Waals surface area contributed by atoms with Crippen LogP contribution in [-0.4, -0.2) is 11.3 Å². The summed E-state index contributed by atoms with van der Waals surface area (Å²) in [6.07, 6.45) is -2.08. The first-order valence-electron chi connectivity index (χ1n) is 0.632. The Bertz CT molecular complexity index is 29.9. The Kier molecular flexibility index (Phi) is 6.70. The van der Waals surface area contributed by atoms with E-state index in [2.05, 4.69) is 0 Å². The Morgan fingerprint density at radius 2 is 1.80 bits per heavy atom. The fourth-order valence-corrected chi connectivity index (χ4v) is 0. The van der Waals surface area contributed by atoms with E-state index in [4.69, 9.17) is 15.0 Å². The maximum absolute atomic E-state index is 8.44. The van der Waals surface area contributed by atoms with Gasteiger partial charge in [-0.25, -0.2) is 0 Å². The van der Waals surface area contributed by atoms with E-state index in [1.165, 1.54) is 0 Å². The van der Waals surface area contributed by atoms with Gasteiger partial charge in [-0.1, -0.05) is 0 Å². The molecule has 1 N–H and O–H groups in total. The summed E-state index contributed by atoms with van der Waals surface area (Å²) in [5.41, 5.74) is 0. The van der Waals surface area contributed by atoms with Crippen molar-refractivity contribution in [3.05, 3.63) is 0 Å². The van der Waals surface area contributed by atoms with Crippen LogP contribution in [0.15, 0.2) is 0 Å². The molecule has 0 aliphatic heterocycles. The van der Waals surface area contributed by atoms with Crippen LogP contribution in [0.1, 0.15) is 0 Å². The normalized spacial score (nSPS) is 4.80. The molecule has 0 saturated carbocycles. The molecule has 0 spiro atoms. The largest absolute Gasteiger partial charge is 0.565 e. The monoisotopic (exact) mass is 116 g/mol. The summed E-state index contributed by atoms with van der Waals surface area (Å²) in [6.45, 7) is 0. The molecular formula is CHMnO3-. The van der Waals surface area contributed by atoms with Crippen molar-refractivity contribution in [1.29, 1.82) is 0 Å². The van der Waals surface area contributed by atoms with Crippen LogP contribution in [-0.2, 0) is 17.1 Å². The van der Waals surface area contributed by atoms with Crippen molar-refractivity contribution in [2.45, 2.75) is 0 Å². The summed E-state index contributed by atoms with van der Waals surface area (Å²) in [4.78, 5) is 8.44. The Hall–Kier alpha value is -0.211. The molecule has 0 aliphatic rings. The number of carboxylic acid groups (broad SMARTS) is 2. The molecule has 0 aromatic rings. The zero-order valence-corrected chi connectivity index (χ0v) is 3.32. The fraction of sp³-hybridized carbons (Fsp3) is 0. The molecule has 1 radical (unpaired) electrons. The Morgan fingerprint density at radius 1 is 1.80 bits per heavy atom. The van der Waals surface area contributed by atoms with Crippen LogP contribution < -0.4 is 5.11 Å². The van der Waals surface area contributed by atoms with Gasteiger partial charge >= 0.3 is 0 Å². The van der Waals surface area contributed by atoms with E-state index in [0.717, 1.165) is 0 Å². The number of carbonyl (C=O) groups is 1. The molecule has 0 amide bonds. The van der Waals surface area contributed by atoms with Gasteiger partial charge in [-0.15, -0.1) is 0 Å². The smallest absolute Gasteiger partial charge is 0.249 e. The zero-order chi connectivity index (χ0) is 3.58. The Morgan fingerprint density at radius 3 is 1.80 bits per heavy atom. The van der Waals surface area contributed by atoms with E-state index in [9.17, 15) is 0 Å². The molecule has 0 saturated heterocycles. The van der Waals surface area contributed by atoms with Crippen molar-refractivity contribution < 1.29 is 32.1 Å². The van der Waals surface area contributed by atoms with Crippen LogP contribution in [0, 0.1) is 0 Å². The van der Waals surface area contributed by atoms with Crippen LogP contribution in [0.3, 0.4) is 0 Å². The van der Waals surface area contributed by atoms with E-state index in [1.54, 1.807) is 0 Å². The molecule has 31 valence electrons.